The second kappa shape index (κ2) is 7.40. The molecule has 12 heteroatoms. The van der Waals surface area contributed by atoms with Crippen LogP contribution in [0.15, 0.2) is 41.3 Å². The zero-order chi connectivity index (χ0) is 20.5. The summed E-state index contributed by atoms with van der Waals surface area (Å²) in [7, 11) is -3.49. The summed E-state index contributed by atoms with van der Waals surface area (Å²) in [5.74, 6) is 0.174. The number of hydrogen-bond donors (Lipinski definition) is 1. The van der Waals surface area contributed by atoms with Crippen molar-refractivity contribution in [2.24, 2.45) is 0 Å². The normalized spacial score (nSPS) is 12.2. The van der Waals surface area contributed by atoms with Gasteiger partial charge < -0.3 is 4.74 Å². The number of ether oxygens (including phenoxy) is 1. The van der Waals surface area contributed by atoms with Crippen molar-refractivity contribution >= 4 is 21.4 Å². The first-order chi connectivity index (χ1) is 13.0. The van der Waals surface area contributed by atoms with Crippen LogP contribution in [0.1, 0.15) is 17.0 Å². The van der Waals surface area contributed by atoms with E-state index in [1.165, 1.54) is 24.3 Å². The van der Waals surface area contributed by atoms with Crippen LogP contribution in [0.5, 0.6) is 11.5 Å². The van der Waals surface area contributed by atoms with E-state index in [1.54, 1.807) is 0 Å². The van der Waals surface area contributed by atoms with E-state index in [4.69, 9.17) is 16.3 Å². The van der Waals surface area contributed by atoms with Gasteiger partial charge in [-0.3, -0.25) is 0 Å². The standard InChI is InChI=1S/C16H12ClF3N4O3S/c1-28(25,26)12-2-3-14(13(17)8-12)27-11-5-9(6-15-21-23-24-22-15)4-10(7-11)16(18,19)20/h2-5,7-8H,6H2,1H3,(H,21,22,23,24). The molecule has 3 rings (SSSR count). The quantitative estimate of drug-likeness (QED) is 0.660. The van der Waals surface area contributed by atoms with Gasteiger partial charge in [0.25, 0.3) is 0 Å². The lowest BCUT2D eigenvalue weighted by atomic mass is 10.1. The highest BCUT2D eigenvalue weighted by molar-refractivity contribution is 7.90. The molecule has 0 aliphatic rings. The first kappa shape index (κ1) is 20.1. The Morgan fingerprint density at radius 3 is 2.50 bits per heavy atom. The summed E-state index contributed by atoms with van der Waals surface area (Å²) in [5, 5.41) is 12.8. The van der Waals surface area contributed by atoms with Crippen molar-refractivity contribution < 1.29 is 26.3 Å². The molecule has 1 N–H and O–H groups in total. The average molecular weight is 433 g/mol. The molecule has 1 aromatic heterocycles. The van der Waals surface area contributed by atoms with E-state index in [-0.39, 0.29) is 39.2 Å². The van der Waals surface area contributed by atoms with Crippen molar-refractivity contribution in [3.8, 4) is 11.5 Å². The maximum absolute atomic E-state index is 13.2. The molecule has 2 aromatic carbocycles. The van der Waals surface area contributed by atoms with Gasteiger partial charge in [-0.25, -0.2) is 13.5 Å². The fraction of sp³-hybridized carbons (Fsp3) is 0.188. The molecule has 0 spiro atoms. The minimum absolute atomic E-state index is 0.0145. The molecular weight excluding hydrogens is 421 g/mol. The van der Waals surface area contributed by atoms with Gasteiger partial charge in [-0.2, -0.15) is 13.2 Å². The third-order valence-corrected chi connectivity index (χ3v) is 5.02. The molecule has 28 heavy (non-hydrogen) atoms. The van der Waals surface area contributed by atoms with Crippen LogP contribution in [-0.2, 0) is 22.4 Å². The minimum atomic E-state index is -4.60. The lowest BCUT2D eigenvalue weighted by Crippen LogP contribution is -2.06. The van der Waals surface area contributed by atoms with Gasteiger partial charge in [-0.05, 0) is 52.4 Å². The number of H-pyrrole nitrogens is 1. The van der Waals surface area contributed by atoms with E-state index in [9.17, 15) is 21.6 Å². The van der Waals surface area contributed by atoms with Gasteiger partial charge in [-0.15, -0.1) is 5.10 Å². The molecule has 0 bridgehead atoms. The Labute approximate surface area is 162 Å². The first-order valence-corrected chi connectivity index (χ1v) is 9.90. The molecule has 0 radical (unpaired) electrons. The second-order valence-corrected chi connectivity index (χ2v) is 8.28. The molecule has 0 saturated carbocycles. The molecule has 0 saturated heterocycles. The van der Waals surface area contributed by atoms with Crippen LogP contribution in [0.4, 0.5) is 13.2 Å². The molecule has 1 heterocycles. The molecule has 0 aliphatic heterocycles. The summed E-state index contributed by atoms with van der Waals surface area (Å²) in [6, 6.07) is 6.87. The van der Waals surface area contributed by atoms with Gasteiger partial charge in [0.2, 0.25) is 0 Å². The van der Waals surface area contributed by atoms with E-state index in [0.717, 1.165) is 18.4 Å². The Hall–Kier alpha value is -2.66. The third kappa shape index (κ3) is 4.78. The number of hydrogen-bond acceptors (Lipinski definition) is 6. The van der Waals surface area contributed by atoms with Gasteiger partial charge in [-0.1, -0.05) is 11.6 Å². The average Bonchev–Trinajstić information content (AvgIpc) is 3.07. The van der Waals surface area contributed by atoms with Crippen molar-refractivity contribution in [3.63, 3.8) is 0 Å². The van der Waals surface area contributed by atoms with Crippen LogP contribution in [0.2, 0.25) is 5.02 Å². The number of nitrogens with zero attached hydrogens (tertiary/aromatic N) is 3. The number of tetrazole rings is 1. The van der Waals surface area contributed by atoms with E-state index in [0.29, 0.717) is 0 Å². The Morgan fingerprint density at radius 1 is 1.18 bits per heavy atom. The Bertz CT molecular complexity index is 1100. The van der Waals surface area contributed by atoms with Crippen molar-refractivity contribution in [3.05, 3.63) is 58.4 Å². The lowest BCUT2D eigenvalue weighted by molar-refractivity contribution is -0.137. The zero-order valence-corrected chi connectivity index (χ0v) is 15.7. The third-order valence-electron chi connectivity index (χ3n) is 3.61. The topological polar surface area (TPSA) is 97.8 Å². The van der Waals surface area contributed by atoms with E-state index in [1.807, 2.05) is 0 Å². The highest BCUT2D eigenvalue weighted by Gasteiger charge is 2.31. The fourth-order valence-electron chi connectivity index (χ4n) is 2.35. The minimum Gasteiger partial charge on any atom is -0.456 e. The lowest BCUT2D eigenvalue weighted by Gasteiger charge is -2.14. The van der Waals surface area contributed by atoms with Gasteiger partial charge in [0.15, 0.2) is 15.7 Å². The molecule has 0 amide bonds. The van der Waals surface area contributed by atoms with Crippen LogP contribution >= 0.6 is 11.6 Å². The van der Waals surface area contributed by atoms with Crippen molar-refractivity contribution in [2.45, 2.75) is 17.5 Å². The molecule has 0 atom stereocenters. The number of aromatic amines is 1. The molecule has 148 valence electrons. The molecule has 3 aromatic rings. The summed E-state index contributed by atoms with van der Waals surface area (Å²) in [6.45, 7) is 0. The van der Waals surface area contributed by atoms with Crippen LogP contribution in [0, 0.1) is 0 Å². The maximum Gasteiger partial charge on any atom is 0.416 e. The van der Waals surface area contributed by atoms with Crippen LogP contribution in [-0.4, -0.2) is 35.3 Å². The van der Waals surface area contributed by atoms with E-state index >= 15 is 0 Å². The number of alkyl halides is 3. The Kier molecular flexibility index (Phi) is 5.31. The van der Waals surface area contributed by atoms with Crippen molar-refractivity contribution in [2.75, 3.05) is 6.26 Å². The Balaban J connectivity index is 1.97. The summed E-state index contributed by atoms with van der Waals surface area (Å²) in [5.41, 5.74) is -0.663. The molecular formula is C16H12ClF3N4O3S. The molecule has 7 nitrogen and oxygen atoms in total. The van der Waals surface area contributed by atoms with Crippen LogP contribution in [0.3, 0.4) is 0 Å². The fourth-order valence-corrected chi connectivity index (χ4v) is 3.29. The van der Waals surface area contributed by atoms with Gasteiger partial charge >= 0.3 is 6.18 Å². The number of halogens is 4. The summed E-state index contributed by atoms with van der Waals surface area (Å²) >= 11 is 6.03. The van der Waals surface area contributed by atoms with Crippen molar-refractivity contribution in [1.82, 2.24) is 20.6 Å². The first-order valence-electron chi connectivity index (χ1n) is 7.63. The molecule has 0 aliphatic carbocycles. The smallest absolute Gasteiger partial charge is 0.416 e. The summed E-state index contributed by atoms with van der Waals surface area (Å²) < 4.78 is 68.3. The van der Waals surface area contributed by atoms with Crippen LogP contribution < -0.4 is 4.74 Å². The number of aromatic nitrogens is 4. The predicted molar refractivity (Wildman–Crippen MR) is 93.1 cm³/mol. The molecule has 0 fully saturated rings. The second-order valence-electron chi connectivity index (χ2n) is 5.85. The monoisotopic (exact) mass is 432 g/mol. The van der Waals surface area contributed by atoms with Crippen molar-refractivity contribution in [1.29, 1.82) is 0 Å². The van der Waals surface area contributed by atoms with Gasteiger partial charge in [0, 0.05) is 12.7 Å². The predicted octanol–water partition coefficient (Wildman–Crippen LogP) is 3.66. The summed E-state index contributed by atoms with van der Waals surface area (Å²) in [6.07, 6.45) is -3.57. The molecule has 0 unspecified atom stereocenters. The number of nitrogens with one attached hydrogen (secondary N) is 1. The number of rotatable bonds is 5. The SMILES string of the molecule is CS(=O)(=O)c1ccc(Oc2cc(Cc3nnn[nH]3)cc(C(F)(F)F)c2)c(Cl)c1. The number of benzene rings is 2. The highest BCUT2D eigenvalue weighted by atomic mass is 35.5. The van der Waals surface area contributed by atoms with Gasteiger partial charge in [0.05, 0.1) is 15.5 Å². The summed E-state index contributed by atoms with van der Waals surface area (Å²) in [4.78, 5) is -0.0348. The van der Waals surface area contributed by atoms with E-state index < -0.39 is 21.6 Å². The largest absolute Gasteiger partial charge is 0.456 e. The van der Waals surface area contributed by atoms with Gasteiger partial charge in [0.1, 0.15) is 11.5 Å². The number of sulfone groups is 1. The van der Waals surface area contributed by atoms with E-state index in [2.05, 4.69) is 20.6 Å². The maximum atomic E-state index is 13.2. The highest BCUT2D eigenvalue weighted by Crippen LogP contribution is 2.36. The Morgan fingerprint density at radius 2 is 1.93 bits per heavy atom. The zero-order valence-electron chi connectivity index (χ0n) is 14.2. The van der Waals surface area contributed by atoms with Crippen LogP contribution in [0.25, 0.3) is 0 Å².